The van der Waals surface area contributed by atoms with Crippen LogP contribution in [0.2, 0.25) is 0 Å². The number of aliphatic hydroxyl groups excluding tert-OH is 1. The smallest absolute Gasteiger partial charge is 0.318 e. The molecule has 0 fully saturated rings. The molecule has 0 saturated heterocycles. The number of carbonyl (C=O) groups is 2. The summed E-state index contributed by atoms with van der Waals surface area (Å²) in [5.74, 6) is -0.456. The Bertz CT molecular complexity index is 229. The first-order valence-electron chi connectivity index (χ1n) is 4.78. The van der Waals surface area contributed by atoms with Crippen molar-refractivity contribution in [2.45, 2.75) is 20.3 Å². The summed E-state index contributed by atoms with van der Waals surface area (Å²) >= 11 is 0. The molecule has 0 aromatic carbocycles. The molecule has 0 saturated carbocycles. The van der Waals surface area contributed by atoms with E-state index in [-0.39, 0.29) is 18.6 Å². The molecule has 0 heterocycles. The van der Waals surface area contributed by atoms with Gasteiger partial charge in [0.05, 0.1) is 6.54 Å². The van der Waals surface area contributed by atoms with Crippen molar-refractivity contribution in [1.82, 2.24) is 10.6 Å². The van der Waals surface area contributed by atoms with Gasteiger partial charge in [-0.05, 0) is 11.8 Å². The van der Waals surface area contributed by atoms with Gasteiger partial charge in [0, 0.05) is 13.2 Å². The lowest BCUT2D eigenvalue weighted by atomic mass is 9.90. The lowest BCUT2D eigenvalue weighted by molar-refractivity contribution is -0.119. The zero-order valence-electron chi connectivity index (χ0n) is 9.17. The molecule has 0 aliphatic carbocycles. The van der Waals surface area contributed by atoms with Gasteiger partial charge in [0.15, 0.2) is 0 Å². The van der Waals surface area contributed by atoms with Crippen LogP contribution in [0.5, 0.6) is 0 Å². The van der Waals surface area contributed by atoms with Gasteiger partial charge in [-0.2, -0.15) is 0 Å². The van der Waals surface area contributed by atoms with Crippen molar-refractivity contribution in [2.75, 3.05) is 19.7 Å². The molecule has 3 amide bonds. The Morgan fingerprint density at radius 2 is 2.00 bits per heavy atom. The van der Waals surface area contributed by atoms with Crippen molar-refractivity contribution in [1.29, 1.82) is 0 Å². The van der Waals surface area contributed by atoms with Crippen LogP contribution >= 0.6 is 0 Å². The molecule has 0 aliphatic heterocycles. The number of nitrogens with two attached hydrogens (primary N) is 1. The van der Waals surface area contributed by atoms with E-state index in [0.29, 0.717) is 13.0 Å². The minimum Gasteiger partial charge on any atom is -0.396 e. The van der Waals surface area contributed by atoms with Crippen LogP contribution in [0, 0.1) is 5.41 Å². The maximum atomic E-state index is 11.0. The summed E-state index contributed by atoms with van der Waals surface area (Å²) in [6, 6.07) is -0.851. The van der Waals surface area contributed by atoms with Gasteiger partial charge < -0.3 is 16.2 Å². The van der Waals surface area contributed by atoms with Gasteiger partial charge in [0.1, 0.15) is 0 Å². The van der Waals surface area contributed by atoms with E-state index in [4.69, 9.17) is 10.8 Å². The third-order valence-electron chi connectivity index (χ3n) is 1.94. The Labute approximate surface area is 89.2 Å². The van der Waals surface area contributed by atoms with Crippen LogP contribution in [-0.4, -0.2) is 36.7 Å². The van der Waals surface area contributed by atoms with E-state index < -0.39 is 11.9 Å². The predicted octanol–water partition coefficient (Wildman–Crippen LogP) is -0.820. The number of aliphatic hydroxyl groups is 1. The largest absolute Gasteiger partial charge is 0.396 e. The molecule has 0 aliphatic rings. The van der Waals surface area contributed by atoms with Crippen molar-refractivity contribution in [3.05, 3.63) is 0 Å². The van der Waals surface area contributed by atoms with E-state index in [1.807, 2.05) is 19.2 Å². The van der Waals surface area contributed by atoms with Gasteiger partial charge in [-0.25, -0.2) is 4.79 Å². The van der Waals surface area contributed by atoms with E-state index in [1.165, 1.54) is 0 Å². The maximum absolute atomic E-state index is 11.0. The van der Waals surface area contributed by atoms with Crippen LogP contribution in [0.15, 0.2) is 0 Å². The van der Waals surface area contributed by atoms with Crippen molar-refractivity contribution in [3.8, 4) is 0 Å². The molecular formula is C9H19N3O3. The summed E-state index contributed by atoms with van der Waals surface area (Å²) in [7, 11) is 0. The number of carbonyl (C=O) groups excluding carboxylic acids is 2. The highest BCUT2D eigenvalue weighted by atomic mass is 16.3. The second-order valence-electron chi connectivity index (χ2n) is 4.15. The van der Waals surface area contributed by atoms with E-state index in [1.54, 1.807) is 0 Å². The molecule has 0 bridgehead atoms. The Kier molecular flexibility index (Phi) is 5.88. The fourth-order valence-corrected chi connectivity index (χ4v) is 1.09. The number of urea groups is 1. The molecule has 6 nitrogen and oxygen atoms in total. The average molecular weight is 217 g/mol. The fraction of sp³-hybridized carbons (Fsp3) is 0.778. The van der Waals surface area contributed by atoms with Crippen molar-refractivity contribution in [3.63, 3.8) is 0 Å². The number of hydrogen-bond donors (Lipinski definition) is 4. The van der Waals surface area contributed by atoms with Gasteiger partial charge in [0.25, 0.3) is 0 Å². The molecule has 0 atom stereocenters. The Balaban J connectivity index is 3.69. The Hall–Kier alpha value is -1.14. The summed E-state index contributed by atoms with van der Waals surface area (Å²) in [5.41, 5.74) is 4.69. The van der Waals surface area contributed by atoms with Gasteiger partial charge in [-0.3, -0.25) is 10.1 Å². The van der Waals surface area contributed by atoms with Crippen molar-refractivity contribution in [2.24, 2.45) is 11.1 Å². The summed E-state index contributed by atoms with van der Waals surface area (Å²) in [4.78, 5) is 21.3. The Morgan fingerprint density at radius 1 is 1.40 bits per heavy atom. The van der Waals surface area contributed by atoms with E-state index >= 15 is 0 Å². The van der Waals surface area contributed by atoms with Crippen LogP contribution < -0.4 is 16.4 Å². The van der Waals surface area contributed by atoms with Gasteiger partial charge in [-0.1, -0.05) is 13.8 Å². The first-order valence-corrected chi connectivity index (χ1v) is 4.78. The summed E-state index contributed by atoms with van der Waals surface area (Å²) in [6.45, 7) is 4.68. The second kappa shape index (κ2) is 6.36. The van der Waals surface area contributed by atoms with E-state index in [2.05, 4.69) is 5.32 Å². The molecular weight excluding hydrogens is 198 g/mol. The number of primary amides is 1. The first-order chi connectivity index (χ1) is 6.87. The first kappa shape index (κ1) is 13.9. The molecule has 0 unspecified atom stereocenters. The number of amides is 3. The number of nitrogens with one attached hydrogen (secondary N) is 2. The molecule has 6 heteroatoms. The number of imide groups is 1. The molecule has 15 heavy (non-hydrogen) atoms. The van der Waals surface area contributed by atoms with Gasteiger partial charge in [0.2, 0.25) is 5.91 Å². The molecule has 0 radical (unpaired) electrons. The normalized spacial score (nSPS) is 11.1. The molecule has 0 spiro atoms. The van der Waals surface area contributed by atoms with Crippen molar-refractivity contribution >= 4 is 11.9 Å². The predicted molar refractivity (Wildman–Crippen MR) is 56.1 cm³/mol. The lowest BCUT2D eigenvalue weighted by Crippen LogP contribution is -2.42. The molecule has 0 rings (SSSR count). The fourth-order valence-electron chi connectivity index (χ4n) is 1.09. The minimum atomic E-state index is -0.851. The lowest BCUT2D eigenvalue weighted by Gasteiger charge is -2.23. The van der Waals surface area contributed by atoms with Gasteiger partial charge >= 0.3 is 6.03 Å². The van der Waals surface area contributed by atoms with E-state index in [0.717, 1.165) is 0 Å². The Morgan fingerprint density at radius 3 is 2.47 bits per heavy atom. The zero-order chi connectivity index (χ0) is 11.9. The topological polar surface area (TPSA) is 104 Å². The molecule has 88 valence electrons. The summed E-state index contributed by atoms with van der Waals surface area (Å²) in [6.07, 6.45) is 0.650. The minimum absolute atomic E-state index is 0.0395. The van der Waals surface area contributed by atoms with E-state index in [9.17, 15) is 9.59 Å². The van der Waals surface area contributed by atoms with Crippen LogP contribution in [0.4, 0.5) is 4.79 Å². The quantitative estimate of drug-likeness (QED) is 0.466. The monoisotopic (exact) mass is 217 g/mol. The number of rotatable bonds is 6. The number of hydrogen-bond acceptors (Lipinski definition) is 4. The average Bonchev–Trinajstić information content (AvgIpc) is 2.01. The van der Waals surface area contributed by atoms with Crippen molar-refractivity contribution < 1.29 is 14.7 Å². The van der Waals surface area contributed by atoms with Gasteiger partial charge in [-0.15, -0.1) is 0 Å². The molecule has 0 aromatic heterocycles. The highest BCUT2D eigenvalue weighted by molar-refractivity contribution is 5.94. The zero-order valence-corrected chi connectivity index (χ0v) is 9.17. The highest BCUT2D eigenvalue weighted by Crippen LogP contribution is 2.17. The third-order valence-corrected chi connectivity index (χ3v) is 1.94. The molecule has 5 N–H and O–H groups in total. The van der Waals surface area contributed by atoms with Crippen LogP contribution in [0.1, 0.15) is 20.3 Å². The second-order valence-corrected chi connectivity index (χ2v) is 4.15. The van der Waals surface area contributed by atoms with Crippen LogP contribution in [0.25, 0.3) is 0 Å². The highest BCUT2D eigenvalue weighted by Gasteiger charge is 2.16. The third kappa shape index (κ3) is 7.90. The summed E-state index contributed by atoms with van der Waals surface area (Å²) in [5, 5.41) is 13.6. The van der Waals surface area contributed by atoms with Crippen LogP contribution in [-0.2, 0) is 4.79 Å². The van der Waals surface area contributed by atoms with Crippen LogP contribution in [0.3, 0.4) is 0 Å². The SMILES string of the molecule is CC(C)(CCO)CNCC(=O)NC(N)=O. The summed E-state index contributed by atoms with van der Waals surface area (Å²) < 4.78 is 0. The standard InChI is InChI=1S/C9H19N3O3/c1-9(2,3-4-13)6-11-5-7(14)12-8(10)15/h11,13H,3-6H2,1-2H3,(H3,10,12,14,15). The maximum Gasteiger partial charge on any atom is 0.318 e. The molecule has 0 aromatic rings.